The summed E-state index contributed by atoms with van der Waals surface area (Å²) in [6, 6.07) is 4.37. The Labute approximate surface area is 156 Å². The van der Waals surface area contributed by atoms with Crippen LogP contribution in [0.3, 0.4) is 0 Å². The maximum atomic E-state index is 5.36. The molecule has 0 spiro atoms. The van der Waals surface area contributed by atoms with Crippen LogP contribution in [0.25, 0.3) is 0 Å². The first kappa shape index (κ1) is 19.8. The molecule has 2 N–H and O–H groups in total. The summed E-state index contributed by atoms with van der Waals surface area (Å²) in [4.78, 5) is 2.42. The highest BCUT2D eigenvalue weighted by Gasteiger charge is 2.09. The number of rotatable bonds is 6. The van der Waals surface area contributed by atoms with Crippen LogP contribution < -0.4 is 10.7 Å². The zero-order chi connectivity index (χ0) is 18.2. The molecule has 1 aliphatic heterocycles. The molecule has 1 aromatic carbocycles. The molecule has 1 aromatic rings. The molecule has 1 fully saturated rings. The van der Waals surface area contributed by atoms with Gasteiger partial charge in [0.2, 0.25) is 0 Å². The van der Waals surface area contributed by atoms with Crippen molar-refractivity contribution >= 4 is 23.0 Å². The second kappa shape index (κ2) is 9.85. The summed E-state index contributed by atoms with van der Waals surface area (Å²) in [6.45, 7) is 14.0. The lowest BCUT2D eigenvalue weighted by molar-refractivity contribution is 0.0376. The number of ether oxygens (including phenoxy) is 1. The van der Waals surface area contributed by atoms with Gasteiger partial charge in [0.25, 0.3) is 0 Å². The van der Waals surface area contributed by atoms with Crippen molar-refractivity contribution < 1.29 is 4.74 Å². The van der Waals surface area contributed by atoms with Crippen LogP contribution in [0.4, 0.5) is 0 Å². The summed E-state index contributed by atoms with van der Waals surface area (Å²) in [6.07, 6.45) is 1.06. The van der Waals surface area contributed by atoms with Gasteiger partial charge in [-0.25, -0.2) is 0 Å². The first-order valence-electron chi connectivity index (χ1n) is 8.94. The lowest BCUT2D eigenvalue weighted by atomic mass is 9.97. The molecule has 138 valence electrons. The summed E-state index contributed by atoms with van der Waals surface area (Å²) >= 11 is 5.32. The van der Waals surface area contributed by atoms with E-state index in [2.05, 4.69) is 53.6 Å². The van der Waals surface area contributed by atoms with Crippen molar-refractivity contribution in [1.29, 1.82) is 0 Å². The standard InChI is InChI=1S/C19H30N4OS/c1-14-12-15(2)18(16(3)13-14)17(4)21-22-19(25)20-6-5-7-23-8-10-24-11-9-23/h12-13H,5-11H2,1-4H3,(H2,20,22,25)/b21-17-. The van der Waals surface area contributed by atoms with Gasteiger partial charge in [-0.2, -0.15) is 5.10 Å². The number of aryl methyl sites for hydroxylation is 3. The first-order chi connectivity index (χ1) is 12.0. The summed E-state index contributed by atoms with van der Waals surface area (Å²) in [5.74, 6) is 0. The maximum absolute atomic E-state index is 5.36. The molecule has 0 radical (unpaired) electrons. The highest BCUT2D eigenvalue weighted by Crippen LogP contribution is 2.17. The number of benzene rings is 1. The minimum atomic E-state index is 0.573. The molecule has 0 amide bonds. The van der Waals surface area contributed by atoms with Gasteiger partial charge in [0.1, 0.15) is 0 Å². The quantitative estimate of drug-likeness (QED) is 0.352. The average molecular weight is 363 g/mol. The minimum Gasteiger partial charge on any atom is -0.379 e. The Morgan fingerprint density at radius 2 is 1.84 bits per heavy atom. The summed E-state index contributed by atoms with van der Waals surface area (Å²) in [5, 5.41) is 8.25. The number of thiocarbonyl (C=S) groups is 1. The van der Waals surface area contributed by atoms with E-state index >= 15 is 0 Å². The van der Waals surface area contributed by atoms with Gasteiger partial charge in [0, 0.05) is 25.2 Å². The minimum absolute atomic E-state index is 0.573. The Morgan fingerprint density at radius 1 is 1.20 bits per heavy atom. The molecule has 6 heteroatoms. The maximum Gasteiger partial charge on any atom is 0.186 e. The third kappa shape index (κ3) is 6.38. The van der Waals surface area contributed by atoms with Gasteiger partial charge < -0.3 is 10.1 Å². The van der Waals surface area contributed by atoms with Crippen LogP contribution in [-0.4, -0.2) is 55.1 Å². The van der Waals surface area contributed by atoms with Crippen LogP contribution in [0, 0.1) is 20.8 Å². The molecule has 0 aromatic heterocycles. The lowest BCUT2D eigenvalue weighted by Crippen LogP contribution is -2.39. The molecule has 0 atom stereocenters. The molecule has 0 unspecified atom stereocenters. The van der Waals surface area contributed by atoms with E-state index in [4.69, 9.17) is 17.0 Å². The largest absolute Gasteiger partial charge is 0.379 e. The summed E-state index contributed by atoms with van der Waals surface area (Å²) < 4.78 is 5.36. The highest BCUT2D eigenvalue weighted by atomic mass is 32.1. The van der Waals surface area contributed by atoms with Crippen molar-refractivity contribution in [2.75, 3.05) is 39.4 Å². The van der Waals surface area contributed by atoms with Crippen LogP contribution in [0.1, 0.15) is 35.6 Å². The number of hydrogen-bond donors (Lipinski definition) is 2. The topological polar surface area (TPSA) is 48.9 Å². The fourth-order valence-electron chi connectivity index (χ4n) is 3.31. The molecule has 1 saturated heterocycles. The fraction of sp³-hybridized carbons (Fsp3) is 0.579. The monoisotopic (exact) mass is 362 g/mol. The van der Waals surface area contributed by atoms with Crippen LogP contribution >= 0.6 is 12.2 Å². The Morgan fingerprint density at radius 3 is 2.48 bits per heavy atom. The van der Waals surface area contributed by atoms with E-state index in [-0.39, 0.29) is 0 Å². The third-order valence-electron chi connectivity index (χ3n) is 4.40. The van der Waals surface area contributed by atoms with E-state index in [9.17, 15) is 0 Å². The Kier molecular flexibility index (Phi) is 7.81. The average Bonchev–Trinajstić information content (AvgIpc) is 2.57. The number of nitrogens with one attached hydrogen (secondary N) is 2. The predicted molar refractivity (Wildman–Crippen MR) is 108 cm³/mol. The molecule has 0 saturated carbocycles. The molecule has 0 aliphatic carbocycles. The molecule has 2 rings (SSSR count). The fourth-order valence-corrected chi connectivity index (χ4v) is 3.46. The summed E-state index contributed by atoms with van der Waals surface area (Å²) in [5.41, 5.74) is 8.86. The number of hydrazone groups is 1. The van der Waals surface area contributed by atoms with Crippen molar-refractivity contribution in [1.82, 2.24) is 15.6 Å². The van der Waals surface area contributed by atoms with Crippen LogP contribution in [0.5, 0.6) is 0 Å². The van der Waals surface area contributed by atoms with Crippen LogP contribution in [0.2, 0.25) is 0 Å². The molecular formula is C19H30N4OS. The Bertz CT molecular complexity index is 601. The Balaban J connectivity index is 1.75. The van der Waals surface area contributed by atoms with E-state index in [1.54, 1.807) is 0 Å². The van der Waals surface area contributed by atoms with Crippen LogP contribution in [-0.2, 0) is 4.74 Å². The summed E-state index contributed by atoms with van der Waals surface area (Å²) in [7, 11) is 0. The van der Waals surface area contributed by atoms with Gasteiger partial charge in [-0.1, -0.05) is 17.7 Å². The van der Waals surface area contributed by atoms with E-state index in [0.29, 0.717) is 5.11 Å². The van der Waals surface area contributed by atoms with Crippen molar-refractivity contribution in [2.24, 2.45) is 5.10 Å². The highest BCUT2D eigenvalue weighted by molar-refractivity contribution is 7.80. The second-order valence-electron chi connectivity index (χ2n) is 6.65. The van der Waals surface area contributed by atoms with Gasteiger partial charge in [-0.15, -0.1) is 0 Å². The zero-order valence-electron chi connectivity index (χ0n) is 15.8. The van der Waals surface area contributed by atoms with E-state index in [1.807, 2.05) is 6.92 Å². The van der Waals surface area contributed by atoms with E-state index in [0.717, 1.165) is 51.5 Å². The smallest absolute Gasteiger partial charge is 0.186 e. The van der Waals surface area contributed by atoms with Crippen molar-refractivity contribution in [3.8, 4) is 0 Å². The molecule has 1 aliphatic rings. The zero-order valence-corrected chi connectivity index (χ0v) is 16.6. The van der Waals surface area contributed by atoms with Gasteiger partial charge in [-0.3, -0.25) is 10.3 Å². The van der Waals surface area contributed by atoms with Gasteiger partial charge in [0.05, 0.1) is 18.9 Å². The van der Waals surface area contributed by atoms with Crippen molar-refractivity contribution in [3.05, 3.63) is 34.4 Å². The molecule has 5 nitrogen and oxygen atoms in total. The van der Waals surface area contributed by atoms with Gasteiger partial charge >= 0.3 is 0 Å². The Hall–Kier alpha value is -1.50. The molecule has 25 heavy (non-hydrogen) atoms. The third-order valence-corrected chi connectivity index (χ3v) is 4.64. The second-order valence-corrected chi connectivity index (χ2v) is 7.05. The number of nitrogens with zero attached hydrogens (tertiary/aromatic N) is 2. The molecule has 1 heterocycles. The first-order valence-corrected chi connectivity index (χ1v) is 9.34. The SMILES string of the molecule is C/C(=N/NC(=S)NCCCN1CCOCC1)c1c(C)cc(C)cc1C. The van der Waals surface area contributed by atoms with Crippen molar-refractivity contribution in [2.45, 2.75) is 34.1 Å². The molecule has 0 bridgehead atoms. The van der Waals surface area contributed by atoms with Gasteiger partial charge in [0.15, 0.2) is 5.11 Å². The molecular weight excluding hydrogens is 332 g/mol. The van der Waals surface area contributed by atoms with E-state index < -0.39 is 0 Å². The normalized spacial score (nSPS) is 15.9. The van der Waals surface area contributed by atoms with Crippen molar-refractivity contribution in [3.63, 3.8) is 0 Å². The number of morpholine rings is 1. The lowest BCUT2D eigenvalue weighted by Gasteiger charge is -2.26. The number of hydrogen-bond acceptors (Lipinski definition) is 4. The predicted octanol–water partition coefficient (Wildman–Crippen LogP) is 2.52. The van der Waals surface area contributed by atoms with Crippen LogP contribution in [0.15, 0.2) is 17.2 Å². The van der Waals surface area contributed by atoms with Gasteiger partial charge in [-0.05, 0) is 64.0 Å². The van der Waals surface area contributed by atoms with E-state index in [1.165, 1.54) is 22.3 Å².